The maximum absolute atomic E-state index is 5.99. The van der Waals surface area contributed by atoms with Crippen LogP contribution in [-0.4, -0.2) is 22.3 Å². The molecule has 1 aliphatic heterocycles. The van der Waals surface area contributed by atoms with Crippen molar-refractivity contribution in [3.05, 3.63) is 28.8 Å². The largest absolute Gasteiger partial charge is 0.483 e. The lowest BCUT2D eigenvalue weighted by Gasteiger charge is -2.17. The summed E-state index contributed by atoms with van der Waals surface area (Å²) in [5, 5.41) is 12.9. The molecule has 0 atom stereocenters. The number of para-hydroxylation sites is 1. The topological polar surface area (TPSA) is 56.3 Å². The van der Waals surface area contributed by atoms with Gasteiger partial charge >= 0.3 is 0 Å². The maximum Gasteiger partial charge on any atom is 0.299 e. The Kier molecular flexibility index (Phi) is 3.82. The summed E-state index contributed by atoms with van der Waals surface area (Å²) in [5.41, 5.74) is 0.994. The van der Waals surface area contributed by atoms with E-state index in [0.717, 1.165) is 23.7 Å². The van der Waals surface area contributed by atoms with Gasteiger partial charge in [0.05, 0.1) is 0 Å². The molecular weight excluding hydrogens is 286 g/mol. The smallest absolute Gasteiger partial charge is 0.299 e. The van der Waals surface area contributed by atoms with Gasteiger partial charge in [0.15, 0.2) is 11.5 Å². The molecule has 6 heteroatoms. The number of nitrogens with one attached hydrogen (secondary N) is 1. The number of nitrogens with zero attached hydrogens (tertiary/aromatic N) is 2. The fourth-order valence-electron chi connectivity index (χ4n) is 2.34. The standard InChI is InChI=1S/C15H19N3O2S/c1-4-16-9-12-17-18-14(21-12)19-11-7-5-6-10-8-15(2,3)20-13(10)11/h5-7,16H,4,8-9H2,1-3H3. The Labute approximate surface area is 128 Å². The highest BCUT2D eigenvalue weighted by Gasteiger charge is 2.32. The average Bonchev–Trinajstić information content (AvgIpc) is 2.99. The van der Waals surface area contributed by atoms with Crippen LogP contribution < -0.4 is 14.8 Å². The van der Waals surface area contributed by atoms with Crippen LogP contribution in [0.15, 0.2) is 18.2 Å². The Balaban J connectivity index is 1.77. The summed E-state index contributed by atoms with van der Waals surface area (Å²) in [6.07, 6.45) is 0.890. The second kappa shape index (κ2) is 5.61. The van der Waals surface area contributed by atoms with Crippen molar-refractivity contribution in [1.82, 2.24) is 15.5 Å². The zero-order valence-corrected chi connectivity index (χ0v) is 13.3. The van der Waals surface area contributed by atoms with E-state index in [1.54, 1.807) is 0 Å². The predicted molar refractivity (Wildman–Crippen MR) is 82.2 cm³/mol. The quantitative estimate of drug-likeness (QED) is 0.919. The number of rotatable bonds is 5. The highest BCUT2D eigenvalue weighted by Crippen LogP contribution is 2.43. The summed E-state index contributed by atoms with van der Waals surface area (Å²) in [6, 6.07) is 5.97. The zero-order valence-electron chi connectivity index (χ0n) is 12.5. The minimum atomic E-state index is -0.181. The molecule has 0 saturated carbocycles. The molecule has 0 spiro atoms. The van der Waals surface area contributed by atoms with Crippen molar-refractivity contribution in [3.63, 3.8) is 0 Å². The molecule has 21 heavy (non-hydrogen) atoms. The Morgan fingerprint density at radius 2 is 2.24 bits per heavy atom. The van der Waals surface area contributed by atoms with Crippen molar-refractivity contribution < 1.29 is 9.47 Å². The summed E-state index contributed by atoms with van der Waals surface area (Å²) in [7, 11) is 0. The van der Waals surface area contributed by atoms with Gasteiger partial charge in [0.25, 0.3) is 5.19 Å². The van der Waals surface area contributed by atoms with E-state index in [9.17, 15) is 0 Å². The molecule has 1 aliphatic rings. The van der Waals surface area contributed by atoms with E-state index < -0.39 is 0 Å². The first-order chi connectivity index (χ1) is 10.1. The van der Waals surface area contributed by atoms with E-state index in [1.807, 2.05) is 12.1 Å². The SMILES string of the molecule is CCNCc1nnc(Oc2cccc3c2OC(C)(C)C3)s1. The van der Waals surface area contributed by atoms with Gasteiger partial charge in [0.1, 0.15) is 10.6 Å². The molecule has 2 aromatic rings. The molecule has 5 nitrogen and oxygen atoms in total. The first-order valence-corrected chi connectivity index (χ1v) is 7.91. The van der Waals surface area contributed by atoms with Crippen LogP contribution in [0.4, 0.5) is 0 Å². The van der Waals surface area contributed by atoms with Crippen LogP contribution in [0.2, 0.25) is 0 Å². The van der Waals surface area contributed by atoms with Crippen molar-refractivity contribution >= 4 is 11.3 Å². The molecule has 0 bridgehead atoms. The Bertz CT molecular complexity index is 640. The molecule has 1 aromatic heterocycles. The summed E-state index contributed by atoms with van der Waals surface area (Å²) in [5.74, 6) is 1.54. The first kappa shape index (κ1) is 14.3. The molecule has 0 saturated heterocycles. The summed E-state index contributed by atoms with van der Waals surface area (Å²) in [4.78, 5) is 0. The third-order valence-corrected chi connectivity index (χ3v) is 4.03. The average molecular weight is 305 g/mol. The molecule has 1 aromatic carbocycles. The van der Waals surface area contributed by atoms with Gasteiger partial charge in [0, 0.05) is 18.5 Å². The van der Waals surface area contributed by atoms with Gasteiger partial charge in [-0.25, -0.2) is 0 Å². The highest BCUT2D eigenvalue weighted by molar-refractivity contribution is 7.13. The lowest BCUT2D eigenvalue weighted by atomic mass is 10.0. The van der Waals surface area contributed by atoms with Gasteiger partial charge in [-0.2, -0.15) is 0 Å². The molecule has 0 radical (unpaired) electrons. The van der Waals surface area contributed by atoms with Crippen LogP contribution in [0, 0.1) is 0 Å². The molecule has 0 unspecified atom stereocenters. The Morgan fingerprint density at radius 1 is 1.38 bits per heavy atom. The Morgan fingerprint density at radius 3 is 3.05 bits per heavy atom. The minimum Gasteiger partial charge on any atom is -0.483 e. The molecule has 0 fully saturated rings. The lowest BCUT2D eigenvalue weighted by molar-refractivity contribution is 0.135. The normalized spacial score (nSPS) is 15.6. The van der Waals surface area contributed by atoms with Crippen molar-refractivity contribution in [2.45, 2.75) is 39.3 Å². The van der Waals surface area contributed by atoms with Gasteiger partial charge < -0.3 is 14.8 Å². The van der Waals surface area contributed by atoms with Crippen LogP contribution in [0.3, 0.4) is 0 Å². The Hall–Kier alpha value is -1.66. The number of ether oxygens (including phenoxy) is 2. The number of hydrogen-bond acceptors (Lipinski definition) is 6. The minimum absolute atomic E-state index is 0.181. The van der Waals surface area contributed by atoms with Crippen LogP contribution in [0.1, 0.15) is 31.3 Å². The highest BCUT2D eigenvalue weighted by atomic mass is 32.1. The summed E-state index contributed by atoms with van der Waals surface area (Å²) in [6.45, 7) is 7.84. The van der Waals surface area contributed by atoms with Crippen LogP contribution in [-0.2, 0) is 13.0 Å². The number of fused-ring (bicyclic) bond motifs is 1. The van der Waals surface area contributed by atoms with E-state index >= 15 is 0 Å². The number of benzene rings is 1. The number of aromatic nitrogens is 2. The maximum atomic E-state index is 5.99. The zero-order chi connectivity index (χ0) is 14.9. The van der Waals surface area contributed by atoms with E-state index in [0.29, 0.717) is 17.5 Å². The monoisotopic (exact) mass is 305 g/mol. The van der Waals surface area contributed by atoms with Gasteiger partial charge in [-0.3, -0.25) is 0 Å². The van der Waals surface area contributed by atoms with Gasteiger partial charge in [-0.15, -0.1) is 5.10 Å². The molecule has 0 aliphatic carbocycles. The fraction of sp³-hybridized carbons (Fsp3) is 0.467. The fourth-order valence-corrected chi connectivity index (χ4v) is 3.02. The molecule has 3 rings (SSSR count). The summed E-state index contributed by atoms with van der Waals surface area (Å²) < 4.78 is 11.9. The lowest BCUT2D eigenvalue weighted by Crippen LogP contribution is -2.24. The van der Waals surface area contributed by atoms with Gasteiger partial charge in [-0.1, -0.05) is 35.5 Å². The third kappa shape index (κ3) is 3.16. The molecule has 0 amide bonds. The molecular formula is C15H19N3O2S. The third-order valence-electron chi connectivity index (χ3n) is 3.23. The predicted octanol–water partition coefficient (Wildman–Crippen LogP) is 3.15. The second-order valence-electron chi connectivity index (χ2n) is 5.63. The van der Waals surface area contributed by atoms with Crippen LogP contribution in [0.5, 0.6) is 16.7 Å². The van der Waals surface area contributed by atoms with E-state index in [-0.39, 0.29) is 5.60 Å². The van der Waals surface area contributed by atoms with Crippen molar-refractivity contribution in [3.8, 4) is 16.7 Å². The van der Waals surface area contributed by atoms with E-state index in [4.69, 9.17) is 9.47 Å². The second-order valence-corrected chi connectivity index (χ2v) is 6.65. The summed E-state index contributed by atoms with van der Waals surface area (Å²) >= 11 is 1.45. The first-order valence-electron chi connectivity index (χ1n) is 7.09. The van der Waals surface area contributed by atoms with E-state index in [2.05, 4.69) is 42.4 Å². The van der Waals surface area contributed by atoms with Crippen molar-refractivity contribution in [2.24, 2.45) is 0 Å². The van der Waals surface area contributed by atoms with Gasteiger partial charge in [0.2, 0.25) is 0 Å². The van der Waals surface area contributed by atoms with Crippen LogP contribution >= 0.6 is 11.3 Å². The van der Waals surface area contributed by atoms with Crippen molar-refractivity contribution in [1.29, 1.82) is 0 Å². The van der Waals surface area contributed by atoms with Crippen molar-refractivity contribution in [2.75, 3.05) is 6.54 Å². The molecule has 2 heterocycles. The molecule has 1 N–H and O–H groups in total. The van der Waals surface area contributed by atoms with Gasteiger partial charge in [-0.05, 0) is 26.5 Å². The van der Waals surface area contributed by atoms with E-state index in [1.165, 1.54) is 16.9 Å². The molecule has 112 valence electrons. The van der Waals surface area contributed by atoms with Crippen LogP contribution in [0.25, 0.3) is 0 Å². The number of hydrogen-bond donors (Lipinski definition) is 1.